The maximum absolute atomic E-state index is 5.07. The quantitative estimate of drug-likeness (QED) is 0.524. The minimum Gasteiger partial charge on any atom is -0.500 e. The summed E-state index contributed by atoms with van der Waals surface area (Å²) in [5, 5.41) is 3.22. The Balaban J connectivity index is 2.18. The van der Waals surface area contributed by atoms with Crippen LogP contribution < -0.4 is 5.32 Å². The number of ether oxygens (including phenoxy) is 1. The van der Waals surface area contributed by atoms with Crippen LogP contribution in [0.25, 0.3) is 0 Å². The highest BCUT2D eigenvalue weighted by molar-refractivity contribution is 9.09. The van der Waals surface area contributed by atoms with Gasteiger partial charge in [0.15, 0.2) is 0 Å². The lowest BCUT2D eigenvalue weighted by molar-refractivity contribution is 0.197. The first-order valence-electron chi connectivity index (χ1n) is 2.99. The Labute approximate surface area is 63.4 Å². The Kier molecular flexibility index (Phi) is 3.08. The van der Waals surface area contributed by atoms with Crippen LogP contribution in [0.2, 0.25) is 0 Å². The smallest absolute Gasteiger partial charge is 0.103 e. The van der Waals surface area contributed by atoms with Gasteiger partial charge in [-0.3, -0.25) is 0 Å². The van der Waals surface area contributed by atoms with Crippen molar-refractivity contribution in [2.45, 2.75) is 12.5 Å². The van der Waals surface area contributed by atoms with Gasteiger partial charge >= 0.3 is 0 Å². The summed E-state index contributed by atoms with van der Waals surface area (Å²) in [4.78, 5) is 0. The molecule has 0 saturated heterocycles. The van der Waals surface area contributed by atoms with E-state index in [1.54, 1.807) is 6.26 Å². The van der Waals surface area contributed by atoms with Crippen LogP contribution in [0.4, 0.5) is 0 Å². The van der Waals surface area contributed by atoms with Gasteiger partial charge in [0.25, 0.3) is 0 Å². The standard InChI is InChI=1S/C6H10BrNO/c7-5-8-6-2-1-3-9-4-6/h1,3,6,8H,2,4-5H2. The molecule has 1 atom stereocenters. The lowest BCUT2D eigenvalue weighted by Crippen LogP contribution is -2.32. The molecule has 1 aliphatic rings. The molecule has 0 radical (unpaired) electrons. The molecule has 0 saturated carbocycles. The molecule has 1 aliphatic heterocycles. The molecule has 0 aromatic rings. The molecule has 0 aromatic heterocycles. The fourth-order valence-corrected chi connectivity index (χ4v) is 1.24. The van der Waals surface area contributed by atoms with Crippen molar-refractivity contribution in [3.05, 3.63) is 12.3 Å². The maximum atomic E-state index is 5.07. The molecule has 0 amide bonds. The van der Waals surface area contributed by atoms with Crippen LogP contribution in [0.5, 0.6) is 0 Å². The van der Waals surface area contributed by atoms with Crippen LogP contribution in [0.15, 0.2) is 12.3 Å². The van der Waals surface area contributed by atoms with Gasteiger partial charge in [-0.25, -0.2) is 0 Å². The maximum Gasteiger partial charge on any atom is 0.103 e. The van der Waals surface area contributed by atoms with Gasteiger partial charge in [-0.15, -0.1) is 0 Å². The average molecular weight is 192 g/mol. The molecule has 1 rings (SSSR count). The number of nitrogens with one attached hydrogen (secondary N) is 1. The molecule has 3 heteroatoms. The van der Waals surface area contributed by atoms with E-state index < -0.39 is 0 Å². The predicted molar refractivity (Wildman–Crippen MR) is 40.4 cm³/mol. The van der Waals surface area contributed by atoms with Crippen LogP contribution in [0.1, 0.15) is 6.42 Å². The van der Waals surface area contributed by atoms with E-state index >= 15 is 0 Å². The third-order valence-electron chi connectivity index (χ3n) is 1.28. The Morgan fingerprint density at radius 3 is 3.22 bits per heavy atom. The highest BCUT2D eigenvalue weighted by Gasteiger charge is 2.07. The summed E-state index contributed by atoms with van der Waals surface area (Å²) in [6, 6.07) is 0.495. The van der Waals surface area contributed by atoms with E-state index in [9.17, 15) is 0 Å². The molecule has 0 fully saturated rings. The number of rotatable bonds is 2. The first kappa shape index (κ1) is 7.09. The van der Waals surface area contributed by atoms with E-state index in [2.05, 4.69) is 21.2 Å². The number of hydrogen-bond donors (Lipinski definition) is 1. The van der Waals surface area contributed by atoms with Gasteiger partial charge in [-0.1, -0.05) is 15.9 Å². The van der Waals surface area contributed by atoms with E-state index in [0.717, 1.165) is 18.5 Å². The van der Waals surface area contributed by atoms with Crippen LogP contribution in [-0.4, -0.2) is 18.1 Å². The van der Waals surface area contributed by atoms with Crippen molar-refractivity contribution in [1.29, 1.82) is 0 Å². The van der Waals surface area contributed by atoms with Crippen LogP contribution in [-0.2, 0) is 4.74 Å². The van der Waals surface area contributed by atoms with Crippen molar-refractivity contribution in [2.75, 3.05) is 12.1 Å². The van der Waals surface area contributed by atoms with E-state index in [1.165, 1.54) is 0 Å². The monoisotopic (exact) mass is 191 g/mol. The highest BCUT2D eigenvalue weighted by atomic mass is 79.9. The van der Waals surface area contributed by atoms with Gasteiger partial charge in [0, 0.05) is 6.04 Å². The van der Waals surface area contributed by atoms with E-state index in [-0.39, 0.29) is 0 Å². The van der Waals surface area contributed by atoms with Crippen LogP contribution >= 0.6 is 15.9 Å². The zero-order valence-corrected chi connectivity index (χ0v) is 6.73. The molecular weight excluding hydrogens is 182 g/mol. The topological polar surface area (TPSA) is 21.3 Å². The van der Waals surface area contributed by atoms with Crippen LogP contribution in [0.3, 0.4) is 0 Å². The summed E-state index contributed by atoms with van der Waals surface area (Å²) in [7, 11) is 0. The molecule has 2 nitrogen and oxygen atoms in total. The van der Waals surface area contributed by atoms with Gasteiger partial charge in [-0.2, -0.15) is 0 Å². The van der Waals surface area contributed by atoms with Gasteiger partial charge in [0.1, 0.15) is 6.61 Å². The molecule has 0 aromatic carbocycles. The van der Waals surface area contributed by atoms with Crippen LogP contribution in [0, 0.1) is 0 Å². The molecule has 9 heavy (non-hydrogen) atoms. The first-order chi connectivity index (χ1) is 4.43. The van der Waals surface area contributed by atoms with Gasteiger partial charge in [0.2, 0.25) is 0 Å². The van der Waals surface area contributed by atoms with Crippen molar-refractivity contribution in [3.8, 4) is 0 Å². The first-order valence-corrected chi connectivity index (χ1v) is 4.11. The molecule has 0 aliphatic carbocycles. The largest absolute Gasteiger partial charge is 0.500 e. The zero-order valence-electron chi connectivity index (χ0n) is 5.14. The minimum atomic E-state index is 0.495. The number of alkyl halides is 1. The third kappa shape index (κ3) is 2.37. The van der Waals surface area contributed by atoms with Crippen molar-refractivity contribution in [1.82, 2.24) is 5.32 Å². The summed E-state index contributed by atoms with van der Waals surface area (Å²) in [5.74, 6) is 0. The average Bonchev–Trinajstić information content (AvgIpc) is 1.91. The fraction of sp³-hybridized carbons (Fsp3) is 0.667. The van der Waals surface area contributed by atoms with Crippen molar-refractivity contribution >= 4 is 15.9 Å². The molecule has 1 heterocycles. The third-order valence-corrected chi connectivity index (χ3v) is 1.60. The summed E-state index contributed by atoms with van der Waals surface area (Å²) < 4.78 is 5.07. The molecule has 52 valence electrons. The Bertz CT molecular complexity index is 105. The fourth-order valence-electron chi connectivity index (χ4n) is 0.779. The highest BCUT2D eigenvalue weighted by Crippen LogP contribution is 2.01. The van der Waals surface area contributed by atoms with Gasteiger partial charge < -0.3 is 10.1 Å². The number of halogens is 1. The summed E-state index contributed by atoms with van der Waals surface area (Å²) in [6.07, 6.45) is 4.86. The van der Waals surface area contributed by atoms with Crippen molar-refractivity contribution in [2.24, 2.45) is 0 Å². The van der Waals surface area contributed by atoms with E-state index in [4.69, 9.17) is 4.74 Å². The molecule has 0 bridgehead atoms. The van der Waals surface area contributed by atoms with Crippen molar-refractivity contribution in [3.63, 3.8) is 0 Å². The zero-order chi connectivity index (χ0) is 6.53. The van der Waals surface area contributed by atoms with Gasteiger partial charge in [0.05, 0.1) is 11.7 Å². The predicted octanol–water partition coefficient (Wildman–Crippen LogP) is 1.23. The Morgan fingerprint density at radius 2 is 2.67 bits per heavy atom. The second-order valence-corrected chi connectivity index (χ2v) is 2.54. The van der Waals surface area contributed by atoms with Gasteiger partial charge in [-0.05, 0) is 12.5 Å². The molecular formula is C6H10BrNO. The lowest BCUT2D eigenvalue weighted by Gasteiger charge is -2.17. The second-order valence-electron chi connectivity index (χ2n) is 1.98. The minimum absolute atomic E-state index is 0.495. The molecule has 1 unspecified atom stereocenters. The summed E-state index contributed by atoms with van der Waals surface area (Å²) >= 11 is 3.29. The SMILES string of the molecule is BrCNC1CC=COC1. The Morgan fingerprint density at radius 1 is 1.78 bits per heavy atom. The van der Waals surface area contributed by atoms with E-state index in [0.29, 0.717) is 6.04 Å². The second kappa shape index (κ2) is 3.90. The molecule has 1 N–H and O–H groups in total. The van der Waals surface area contributed by atoms with Crippen molar-refractivity contribution < 1.29 is 4.74 Å². The summed E-state index contributed by atoms with van der Waals surface area (Å²) in [5.41, 5.74) is 0.842. The lowest BCUT2D eigenvalue weighted by atomic mass is 10.2. The normalized spacial score (nSPS) is 25.7. The number of hydrogen-bond acceptors (Lipinski definition) is 2. The Hall–Kier alpha value is -0.0200. The molecule has 0 spiro atoms. The van der Waals surface area contributed by atoms with E-state index in [1.807, 2.05) is 6.08 Å². The summed E-state index contributed by atoms with van der Waals surface area (Å²) in [6.45, 7) is 0.794.